The van der Waals surface area contributed by atoms with Gasteiger partial charge in [-0.2, -0.15) is 9.97 Å². The molecule has 1 atom stereocenters. The molecule has 0 saturated carbocycles. The van der Waals surface area contributed by atoms with E-state index >= 15 is 0 Å². The Labute approximate surface area is 215 Å². The molecule has 0 radical (unpaired) electrons. The van der Waals surface area contributed by atoms with Crippen molar-refractivity contribution < 1.29 is 24.9 Å². The van der Waals surface area contributed by atoms with E-state index in [1.54, 1.807) is 12.1 Å². The molecule has 194 valence electrons. The maximum Gasteiger partial charge on any atom is 0.318 e. The first-order valence-corrected chi connectivity index (χ1v) is 12.4. The van der Waals surface area contributed by atoms with Crippen LogP contribution in [0.25, 0.3) is 10.8 Å². The Morgan fingerprint density at radius 2 is 1.86 bits per heavy atom. The molecule has 3 N–H and O–H groups in total. The van der Waals surface area contributed by atoms with Crippen molar-refractivity contribution in [1.82, 2.24) is 14.9 Å². The lowest BCUT2D eigenvalue weighted by Crippen LogP contribution is -2.45. The average Bonchev–Trinajstić information content (AvgIpc) is 2.93. The monoisotopic (exact) mass is 505 g/mol. The lowest BCUT2D eigenvalue weighted by molar-refractivity contribution is -0.104. The zero-order valence-electron chi connectivity index (χ0n) is 20.5. The van der Waals surface area contributed by atoms with Crippen LogP contribution < -0.4 is 14.5 Å². The summed E-state index contributed by atoms with van der Waals surface area (Å²) in [5.74, 6) is 1.03. The van der Waals surface area contributed by atoms with Crippen molar-refractivity contribution in [3.05, 3.63) is 59.9 Å². The van der Waals surface area contributed by atoms with E-state index in [-0.39, 0.29) is 18.4 Å². The number of rotatable bonds is 8. The number of phenols is 1. The molecule has 0 bridgehead atoms. The number of aromatic hydroxyl groups is 1. The number of aliphatic hydroxyl groups is 2. The van der Waals surface area contributed by atoms with Gasteiger partial charge in [0.1, 0.15) is 30.6 Å². The van der Waals surface area contributed by atoms with Crippen molar-refractivity contribution in [3.63, 3.8) is 0 Å². The first kappa shape index (κ1) is 24.8. The molecular formula is C27H31N5O5. The molecule has 2 aliphatic heterocycles. The van der Waals surface area contributed by atoms with Crippen LogP contribution in [0.15, 0.2) is 48.7 Å². The van der Waals surface area contributed by atoms with Gasteiger partial charge in [0.05, 0.1) is 18.8 Å². The average molecular weight is 506 g/mol. The standard InChI is InChI=1S/C27H31N5O5/c33-13-3-7-30-9-11-31(12-10-30)26-23-6-8-32(16-24(23)28-27(29-26)37-18-21(36)17-34)25-15-20(35)14-19-4-1-2-5-22(19)25/h1-5,7,13-15,21,34-36H,6,8-12,16-18H2/t21-/m1/s1. The summed E-state index contributed by atoms with van der Waals surface area (Å²) >= 11 is 0. The summed E-state index contributed by atoms with van der Waals surface area (Å²) < 4.78 is 5.68. The molecule has 10 nitrogen and oxygen atoms in total. The summed E-state index contributed by atoms with van der Waals surface area (Å²) in [6, 6.07) is 11.7. The number of fused-ring (bicyclic) bond motifs is 2. The van der Waals surface area contributed by atoms with Crippen LogP contribution in [-0.4, -0.2) is 88.5 Å². The highest BCUT2D eigenvalue weighted by atomic mass is 16.5. The molecule has 0 aliphatic carbocycles. The summed E-state index contributed by atoms with van der Waals surface area (Å²) in [6.07, 6.45) is 3.78. The van der Waals surface area contributed by atoms with Crippen LogP contribution in [0.4, 0.5) is 11.5 Å². The summed E-state index contributed by atoms with van der Waals surface area (Å²) in [7, 11) is 0. The molecule has 0 spiro atoms. The van der Waals surface area contributed by atoms with Crippen LogP contribution in [-0.2, 0) is 17.8 Å². The number of aromatic nitrogens is 2. The fraction of sp³-hybridized carbons (Fsp3) is 0.370. The third-order valence-corrected chi connectivity index (χ3v) is 6.79. The second-order valence-corrected chi connectivity index (χ2v) is 9.26. The van der Waals surface area contributed by atoms with Crippen molar-refractivity contribution in [1.29, 1.82) is 0 Å². The molecule has 2 aliphatic rings. The van der Waals surface area contributed by atoms with Gasteiger partial charge in [-0.25, -0.2) is 0 Å². The van der Waals surface area contributed by atoms with Gasteiger partial charge in [0.15, 0.2) is 0 Å². The summed E-state index contributed by atoms with van der Waals surface area (Å²) in [5.41, 5.74) is 2.84. The Kier molecular flexibility index (Phi) is 7.38. The van der Waals surface area contributed by atoms with E-state index in [0.29, 0.717) is 6.54 Å². The largest absolute Gasteiger partial charge is 0.508 e. The number of hydrogen-bond acceptors (Lipinski definition) is 10. The highest BCUT2D eigenvalue weighted by molar-refractivity contribution is 5.95. The summed E-state index contributed by atoms with van der Waals surface area (Å²) in [6.45, 7) is 3.69. The molecule has 5 rings (SSSR count). The number of carbonyl (C=O) groups is 1. The van der Waals surface area contributed by atoms with Crippen molar-refractivity contribution in [2.75, 3.05) is 55.7 Å². The number of benzene rings is 2. The molecule has 1 fully saturated rings. The molecule has 0 amide bonds. The molecule has 2 aromatic carbocycles. The Hall–Kier alpha value is -3.89. The molecule has 0 unspecified atom stereocenters. The molecule has 3 aromatic rings. The normalized spacial score (nSPS) is 16.8. The van der Waals surface area contributed by atoms with Gasteiger partial charge in [0, 0.05) is 61.6 Å². The predicted octanol–water partition coefficient (Wildman–Crippen LogP) is 1.46. The molecule has 10 heteroatoms. The first-order chi connectivity index (χ1) is 18.1. The number of carbonyl (C=O) groups excluding carboxylic acids is 1. The molecule has 37 heavy (non-hydrogen) atoms. The molecule has 3 heterocycles. The number of nitrogens with zero attached hydrogens (tertiary/aromatic N) is 5. The Balaban J connectivity index is 1.46. The summed E-state index contributed by atoms with van der Waals surface area (Å²) in [5, 5.41) is 31.4. The van der Waals surface area contributed by atoms with E-state index in [0.717, 1.165) is 79.0 Å². The van der Waals surface area contributed by atoms with Crippen molar-refractivity contribution in [2.45, 2.75) is 19.1 Å². The zero-order chi connectivity index (χ0) is 25.8. The number of allylic oxidation sites excluding steroid dienone is 1. The van der Waals surface area contributed by atoms with E-state index in [4.69, 9.17) is 14.7 Å². The minimum atomic E-state index is -1.02. The Morgan fingerprint density at radius 3 is 2.65 bits per heavy atom. The quantitative estimate of drug-likeness (QED) is 0.306. The number of phenolic OH excluding ortho intramolecular Hbond substituents is 1. The lowest BCUT2D eigenvalue weighted by atomic mass is 10.0. The number of ether oxygens (including phenoxy) is 1. The minimum Gasteiger partial charge on any atom is -0.508 e. The van der Waals surface area contributed by atoms with Crippen LogP contribution in [0, 0.1) is 0 Å². The SMILES string of the molecule is O=CC=CN1CCN(c2nc(OC[C@H](O)CO)nc3c2CCN(c2cc(O)cc4ccccc24)C3)CC1. The molecule has 1 aromatic heterocycles. The van der Waals surface area contributed by atoms with Crippen molar-refractivity contribution >= 4 is 28.6 Å². The summed E-state index contributed by atoms with van der Waals surface area (Å²) in [4.78, 5) is 26.6. The third-order valence-electron chi connectivity index (χ3n) is 6.79. The minimum absolute atomic E-state index is 0.111. The highest BCUT2D eigenvalue weighted by Crippen LogP contribution is 2.36. The van der Waals surface area contributed by atoms with Crippen molar-refractivity contribution in [2.24, 2.45) is 0 Å². The molecule has 1 saturated heterocycles. The van der Waals surface area contributed by atoms with Gasteiger partial charge in [-0.3, -0.25) is 4.79 Å². The van der Waals surface area contributed by atoms with Crippen molar-refractivity contribution in [3.8, 4) is 11.8 Å². The van der Waals surface area contributed by atoms with E-state index in [9.17, 15) is 20.1 Å². The van der Waals surface area contributed by atoms with Crippen LogP contribution in [0.3, 0.4) is 0 Å². The van der Waals surface area contributed by atoms with Crippen LogP contribution in [0.5, 0.6) is 11.8 Å². The van der Waals surface area contributed by atoms with E-state index < -0.39 is 12.7 Å². The number of aliphatic hydroxyl groups excluding tert-OH is 2. The first-order valence-electron chi connectivity index (χ1n) is 12.4. The highest BCUT2D eigenvalue weighted by Gasteiger charge is 2.28. The maximum atomic E-state index is 10.7. The van der Waals surface area contributed by atoms with Gasteiger partial charge in [0.25, 0.3) is 0 Å². The second-order valence-electron chi connectivity index (χ2n) is 9.26. The lowest BCUT2D eigenvalue weighted by Gasteiger charge is -2.38. The topological polar surface area (TPSA) is 122 Å². The fourth-order valence-corrected chi connectivity index (χ4v) is 4.92. The van der Waals surface area contributed by atoms with Gasteiger partial charge in [-0.15, -0.1) is 0 Å². The van der Waals surface area contributed by atoms with Gasteiger partial charge >= 0.3 is 6.01 Å². The van der Waals surface area contributed by atoms with Gasteiger partial charge in [-0.05, 0) is 23.9 Å². The van der Waals surface area contributed by atoms with Gasteiger partial charge in [-0.1, -0.05) is 24.3 Å². The number of anilines is 2. The Bertz CT molecular complexity index is 1290. The fourth-order valence-electron chi connectivity index (χ4n) is 4.92. The molecular weight excluding hydrogens is 474 g/mol. The van der Waals surface area contributed by atoms with Crippen LogP contribution in [0.2, 0.25) is 0 Å². The van der Waals surface area contributed by atoms with Gasteiger partial charge in [0.2, 0.25) is 0 Å². The smallest absolute Gasteiger partial charge is 0.318 e. The zero-order valence-corrected chi connectivity index (χ0v) is 20.5. The predicted molar refractivity (Wildman–Crippen MR) is 140 cm³/mol. The second kappa shape index (κ2) is 11.0. The third kappa shape index (κ3) is 5.45. The Morgan fingerprint density at radius 1 is 1.05 bits per heavy atom. The van der Waals surface area contributed by atoms with Crippen LogP contribution >= 0.6 is 0 Å². The maximum absolute atomic E-state index is 10.7. The van der Waals surface area contributed by atoms with E-state index in [1.165, 1.54) is 6.08 Å². The number of hydrogen-bond donors (Lipinski definition) is 3. The van der Waals surface area contributed by atoms with Crippen LogP contribution in [0.1, 0.15) is 11.3 Å². The number of piperazine rings is 1. The van der Waals surface area contributed by atoms with Gasteiger partial charge < -0.3 is 34.8 Å². The number of aldehydes is 1. The van der Waals surface area contributed by atoms with E-state index in [1.807, 2.05) is 30.5 Å². The van der Waals surface area contributed by atoms with E-state index in [2.05, 4.69) is 14.7 Å².